The van der Waals surface area contributed by atoms with Gasteiger partial charge in [-0.1, -0.05) is 36.4 Å². The lowest BCUT2D eigenvalue weighted by Gasteiger charge is -2.26. The van der Waals surface area contributed by atoms with Crippen LogP contribution in [0, 0.1) is 11.8 Å². The van der Waals surface area contributed by atoms with Crippen LogP contribution in [0.3, 0.4) is 0 Å². The molecular formula is C23H24N2O2. The SMILES string of the molecule is O=C1c2ccccc2C(=O)N1CCCN1CC2Cc3ccccc3CC2C1. The lowest BCUT2D eigenvalue weighted by Crippen LogP contribution is -2.33. The van der Waals surface area contributed by atoms with Crippen LogP contribution in [0.2, 0.25) is 0 Å². The van der Waals surface area contributed by atoms with Crippen LogP contribution in [0.5, 0.6) is 0 Å². The summed E-state index contributed by atoms with van der Waals surface area (Å²) in [6.45, 7) is 3.75. The standard InChI is InChI=1S/C23H24N2O2/c26-22-20-8-3-4-9-21(20)23(27)25(22)11-5-10-24-14-18-12-16-6-1-2-7-17(16)13-19(18)15-24/h1-4,6-9,18-19H,5,10-15H2. The van der Waals surface area contributed by atoms with Gasteiger partial charge in [-0.3, -0.25) is 14.5 Å². The van der Waals surface area contributed by atoms with Crippen LogP contribution < -0.4 is 0 Å². The number of amides is 2. The highest BCUT2D eigenvalue weighted by Crippen LogP contribution is 2.35. The zero-order valence-corrected chi connectivity index (χ0v) is 15.4. The van der Waals surface area contributed by atoms with E-state index in [1.54, 1.807) is 12.1 Å². The van der Waals surface area contributed by atoms with Crippen molar-refractivity contribution in [3.63, 3.8) is 0 Å². The number of carbonyl (C=O) groups is 2. The molecule has 2 amide bonds. The first-order valence-corrected chi connectivity index (χ1v) is 9.95. The van der Waals surface area contributed by atoms with Gasteiger partial charge in [-0.25, -0.2) is 0 Å². The van der Waals surface area contributed by atoms with Gasteiger partial charge in [0.25, 0.3) is 11.8 Å². The summed E-state index contributed by atoms with van der Waals surface area (Å²) in [6.07, 6.45) is 3.23. The minimum atomic E-state index is -0.138. The van der Waals surface area contributed by atoms with Crippen LogP contribution in [0.25, 0.3) is 0 Å². The summed E-state index contributed by atoms with van der Waals surface area (Å²) in [7, 11) is 0. The Morgan fingerprint density at radius 2 is 1.26 bits per heavy atom. The third-order valence-corrected chi connectivity index (χ3v) is 6.47. The van der Waals surface area contributed by atoms with Crippen molar-refractivity contribution in [1.29, 1.82) is 0 Å². The maximum atomic E-state index is 12.5. The third kappa shape index (κ3) is 2.88. The van der Waals surface area contributed by atoms with Crippen molar-refractivity contribution < 1.29 is 9.59 Å². The van der Waals surface area contributed by atoms with Gasteiger partial charge in [0, 0.05) is 19.6 Å². The van der Waals surface area contributed by atoms with E-state index in [0.717, 1.165) is 37.9 Å². The van der Waals surface area contributed by atoms with Crippen LogP contribution in [0.4, 0.5) is 0 Å². The molecule has 2 heterocycles. The molecule has 2 aromatic carbocycles. The van der Waals surface area contributed by atoms with E-state index in [2.05, 4.69) is 29.2 Å². The molecule has 2 aliphatic heterocycles. The van der Waals surface area contributed by atoms with E-state index >= 15 is 0 Å². The quantitative estimate of drug-likeness (QED) is 0.787. The van der Waals surface area contributed by atoms with Gasteiger partial charge in [-0.05, 0) is 60.9 Å². The molecule has 0 spiro atoms. The van der Waals surface area contributed by atoms with Crippen molar-refractivity contribution in [2.45, 2.75) is 19.3 Å². The summed E-state index contributed by atoms with van der Waals surface area (Å²) < 4.78 is 0. The fourth-order valence-corrected chi connectivity index (χ4v) is 5.10. The number of fused-ring (bicyclic) bond motifs is 3. The molecule has 2 atom stereocenters. The first-order chi connectivity index (χ1) is 13.2. The fraction of sp³-hybridized carbons (Fsp3) is 0.391. The molecule has 27 heavy (non-hydrogen) atoms. The first-order valence-electron chi connectivity index (χ1n) is 9.95. The Bertz CT molecular complexity index is 839. The molecule has 2 aromatic rings. The van der Waals surface area contributed by atoms with Gasteiger partial charge in [0.2, 0.25) is 0 Å². The Balaban J connectivity index is 1.17. The summed E-state index contributed by atoms with van der Waals surface area (Å²) in [6, 6.07) is 16.0. The van der Waals surface area contributed by atoms with E-state index in [0.29, 0.717) is 17.7 Å². The molecule has 4 nitrogen and oxygen atoms in total. The van der Waals surface area contributed by atoms with Crippen molar-refractivity contribution in [3.05, 3.63) is 70.8 Å². The second-order valence-electron chi connectivity index (χ2n) is 8.12. The van der Waals surface area contributed by atoms with E-state index in [1.165, 1.54) is 28.9 Å². The molecular weight excluding hydrogens is 336 g/mol. The van der Waals surface area contributed by atoms with Crippen molar-refractivity contribution >= 4 is 11.8 Å². The monoisotopic (exact) mass is 360 g/mol. The summed E-state index contributed by atoms with van der Waals surface area (Å²) in [5.74, 6) is 1.22. The molecule has 138 valence electrons. The predicted molar refractivity (Wildman–Crippen MR) is 104 cm³/mol. The minimum absolute atomic E-state index is 0.138. The van der Waals surface area contributed by atoms with Gasteiger partial charge < -0.3 is 4.90 Å². The number of hydrogen-bond acceptors (Lipinski definition) is 3. The Morgan fingerprint density at radius 3 is 1.81 bits per heavy atom. The molecule has 1 saturated heterocycles. The number of carbonyl (C=O) groups excluding carboxylic acids is 2. The first kappa shape index (κ1) is 16.7. The van der Waals surface area contributed by atoms with E-state index in [9.17, 15) is 9.59 Å². The average Bonchev–Trinajstić information content (AvgIpc) is 3.19. The maximum Gasteiger partial charge on any atom is 0.261 e. The Kier molecular flexibility index (Phi) is 4.09. The Hall–Kier alpha value is -2.46. The highest BCUT2D eigenvalue weighted by atomic mass is 16.2. The smallest absolute Gasteiger partial charge is 0.261 e. The Labute approximate surface area is 159 Å². The number of imide groups is 1. The second-order valence-corrected chi connectivity index (χ2v) is 8.12. The van der Waals surface area contributed by atoms with Crippen LogP contribution >= 0.6 is 0 Å². The molecule has 0 bridgehead atoms. The van der Waals surface area contributed by atoms with E-state index in [4.69, 9.17) is 0 Å². The minimum Gasteiger partial charge on any atom is -0.303 e. The van der Waals surface area contributed by atoms with Crippen LogP contribution in [-0.2, 0) is 12.8 Å². The molecule has 0 saturated carbocycles. The molecule has 2 unspecified atom stereocenters. The number of benzene rings is 2. The lowest BCUT2D eigenvalue weighted by atomic mass is 9.78. The van der Waals surface area contributed by atoms with E-state index in [-0.39, 0.29) is 11.8 Å². The van der Waals surface area contributed by atoms with Crippen molar-refractivity contribution in [2.24, 2.45) is 11.8 Å². The molecule has 0 radical (unpaired) electrons. The van der Waals surface area contributed by atoms with Gasteiger partial charge >= 0.3 is 0 Å². The number of rotatable bonds is 4. The van der Waals surface area contributed by atoms with Gasteiger partial charge in [-0.2, -0.15) is 0 Å². The van der Waals surface area contributed by atoms with E-state index in [1.807, 2.05) is 12.1 Å². The van der Waals surface area contributed by atoms with Gasteiger partial charge in [0.1, 0.15) is 0 Å². The lowest BCUT2D eigenvalue weighted by molar-refractivity contribution is 0.0648. The summed E-state index contributed by atoms with van der Waals surface area (Å²) >= 11 is 0. The molecule has 0 N–H and O–H groups in total. The molecule has 3 aliphatic rings. The normalized spacial score (nSPS) is 24.1. The maximum absolute atomic E-state index is 12.5. The largest absolute Gasteiger partial charge is 0.303 e. The predicted octanol–water partition coefficient (Wildman–Crippen LogP) is 3.02. The average molecular weight is 360 g/mol. The van der Waals surface area contributed by atoms with Crippen molar-refractivity contribution in [3.8, 4) is 0 Å². The third-order valence-electron chi connectivity index (χ3n) is 6.47. The van der Waals surface area contributed by atoms with Crippen LogP contribution in [-0.4, -0.2) is 47.8 Å². The zero-order chi connectivity index (χ0) is 18.4. The van der Waals surface area contributed by atoms with Crippen molar-refractivity contribution in [1.82, 2.24) is 9.80 Å². The zero-order valence-electron chi connectivity index (χ0n) is 15.4. The van der Waals surface area contributed by atoms with Gasteiger partial charge in [0.05, 0.1) is 11.1 Å². The fourth-order valence-electron chi connectivity index (χ4n) is 5.10. The molecule has 0 aromatic heterocycles. The second kappa shape index (κ2) is 6.61. The number of likely N-dealkylation sites (tertiary alicyclic amines) is 1. The number of hydrogen-bond donors (Lipinski definition) is 0. The molecule has 1 aliphatic carbocycles. The van der Waals surface area contributed by atoms with Gasteiger partial charge in [0.15, 0.2) is 0 Å². The topological polar surface area (TPSA) is 40.6 Å². The molecule has 1 fully saturated rings. The highest BCUT2D eigenvalue weighted by Gasteiger charge is 2.37. The van der Waals surface area contributed by atoms with Crippen LogP contribution in [0.15, 0.2) is 48.5 Å². The summed E-state index contributed by atoms with van der Waals surface area (Å²) in [5, 5.41) is 0. The molecule has 4 heteroatoms. The van der Waals surface area contributed by atoms with Crippen molar-refractivity contribution in [2.75, 3.05) is 26.2 Å². The Morgan fingerprint density at radius 1 is 0.741 bits per heavy atom. The summed E-state index contributed by atoms with van der Waals surface area (Å²) in [5.41, 5.74) is 4.14. The summed E-state index contributed by atoms with van der Waals surface area (Å²) in [4.78, 5) is 28.9. The highest BCUT2D eigenvalue weighted by molar-refractivity contribution is 6.21. The number of nitrogens with zero attached hydrogens (tertiary/aromatic N) is 2. The van der Waals surface area contributed by atoms with Gasteiger partial charge in [-0.15, -0.1) is 0 Å². The van der Waals surface area contributed by atoms with Crippen LogP contribution in [0.1, 0.15) is 38.3 Å². The molecule has 5 rings (SSSR count). The van der Waals surface area contributed by atoms with E-state index < -0.39 is 0 Å².